The van der Waals surface area contributed by atoms with Gasteiger partial charge in [-0.15, -0.1) is 0 Å². The summed E-state index contributed by atoms with van der Waals surface area (Å²) in [6.45, 7) is 1.68. The molecule has 0 aliphatic heterocycles. The fraction of sp³-hybridized carbons (Fsp3) is 0.417. The van der Waals surface area contributed by atoms with Crippen molar-refractivity contribution in [1.82, 2.24) is 0 Å². The Labute approximate surface area is 83.9 Å². The Morgan fingerprint density at radius 3 is 2.93 bits per heavy atom. The summed E-state index contributed by atoms with van der Waals surface area (Å²) in [5.74, 6) is 0.229. The summed E-state index contributed by atoms with van der Waals surface area (Å²) in [5.41, 5.74) is 2.12. The largest absolute Gasteiger partial charge is 0.303 e. The van der Waals surface area contributed by atoms with Crippen LogP contribution < -0.4 is 0 Å². The molecule has 1 unspecified atom stereocenters. The molecule has 0 bridgehead atoms. The van der Waals surface area contributed by atoms with Crippen LogP contribution in [0.2, 0.25) is 0 Å². The van der Waals surface area contributed by atoms with Crippen molar-refractivity contribution in [3.8, 4) is 0 Å². The standard InChI is InChI=1S/C12H15FO/c1-10(6-8-14)12-4-2-3-11(9-12)5-7-13/h2-4,8-10H,5-7H2,1H3. The van der Waals surface area contributed by atoms with Crippen LogP contribution in [0.25, 0.3) is 0 Å². The van der Waals surface area contributed by atoms with E-state index in [0.29, 0.717) is 12.8 Å². The van der Waals surface area contributed by atoms with Gasteiger partial charge in [0, 0.05) is 12.8 Å². The second-order valence-corrected chi connectivity index (χ2v) is 3.49. The highest BCUT2D eigenvalue weighted by Gasteiger charge is 2.04. The number of carbonyl (C=O) groups excluding carboxylic acids is 1. The maximum Gasteiger partial charge on any atom is 0.120 e. The van der Waals surface area contributed by atoms with E-state index in [0.717, 1.165) is 17.4 Å². The van der Waals surface area contributed by atoms with E-state index in [-0.39, 0.29) is 12.6 Å². The first-order valence-electron chi connectivity index (χ1n) is 4.86. The van der Waals surface area contributed by atoms with E-state index in [2.05, 4.69) is 0 Å². The molecule has 0 radical (unpaired) electrons. The van der Waals surface area contributed by atoms with Crippen LogP contribution in [0.3, 0.4) is 0 Å². The Hall–Kier alpha value is -1.18. The molecular weight excluding hydrogens is 179 g/mol. The van der Waals surface area contributed by atoms with Gasteiger partial charge in [0.05, 0.1) is 6.67 Å². The van der Waals surface area contributed by atoms with Gasteiger partial charge < -0.3 is 4.79 Å². The number of benzene rings is 1. The zero-order chi connectivity index (χ0) is 10.4. The molecule has 0 spiro atoms. The summed E-state index contributed by atoms with van der Waals surface area (Å²) in [5, 5.41) is 0. The topological polar surface area (TPSA) is 17.1 Å². The minimum absolute atomic E-state index is 0.229. The Balaban J connectivity index is 2.76. The van der Waals surface area contributed by atoms with Gasteiger partial charge in [0.2, 0.25) is 0 Å². The van der Waals surface area contributed by atoms with Crippen molar-refractivity contribution in [2.75, 3.05) is 6.67 Å². The Morgan fingerprint density at radius 1 is 1.50 bits per heavy atom. The Kier molecular flexibility index (Phi) is 4.30. The molecule has 1 atom stereocenters. The van der Waals surface area contributed by atoms with Crippen molar-refractivity contribution < 1.29 is 9.18 Å². The maximum absolute atomic E-state index is 12.1. The SMILES string of the molecule is CC(CC=O)c1cccc(CCF)c1. The van der Waals surface area contributed by atoms with Gasteiger partial charge in [-0.3, -0.25) is 4.39 Å². The van der Waals surface area contributed by atoms with Crippen molar-refractivity contribution >= 4 is 6.29 Å². The molecule has 0 saturated carbocycles. The van der Waals surface area contributed by atoms with Crippen LogP contribution in [0.15, 0.2) is 24.3 Å². The van der Waals surface area contributed by atoms with E-state index in [1.54, 1.807) is 0 Å². The lowest BCUT2D eigenvalue weighted by molar-refractivity contribution is -0.108. The molecule has 0 aromatic heterocycles. The van der Waals surface area contributed by atoms with Crippen LogP contribution in [-0.4, -0.2) is 13.0 Å². The van der Waals surface area contributed by atoms with E-state index in [1.165, 1.54) is 0 Å². The number of hydrogen-bond acceptors (Lipinski definition) is 1. The zero-order valence-corrected chi connectivity index (χ0v) is 8.37. The molecule has 0 fully saturated rings. The van der Waals surface area contributed by atoms with Gasteiger partial charge in [0.1, 0.15) is 6.29 Å². The first-order valence-corrected chi connectivity index (χ1v) is 4.86. The molecule has 2 heteroatoms. The Bertz CT molecular complexity index is 296. The van der Waals surface area contributed by atoms with Gasteiger partial charge >= 0.3 is 0 Å². The first-order chi connectivity index (χ1) is 6.77. The van der Waals surface area contributed by atoms with Gasteiger partial charge in [0.25, 0.3) is 0 Å². The monoisotopic (exact) mass is 194 g/mol. The van der Waals surface area contributed by atoms with Crippen LogP contribution in [0.4, 0.5) is 4.39 Å². The molecule has 1 aromatic rings. The summed E-state index contributed by atoms with van der Waals surface area (Å²) in [7, 11) is 0. The highest BCUT2D eigenvalue weighted by molar-refractivity contribution is 5.51. The van der Waals surface area contributed by atoms with E-state index >= 15 is 0 Å². The molecule has 0 saturated heterocycles. The number of halogens is 1. The summed E-state index contributed by atoms with van der Waals surface area (Å²) in [6, 6.07) is 7.79. The van der Waals surface area contributed by atoms with E-state index in [9.17, 15) is 9.18 Å². The van der Waals surface area contributed by atoms with Crippen LogP contribution in [0.5, 0.6) is 0 Å². The highest BCUT2D eigenvalue weighted by atomic mass is 19.1. The smallest absolute Gasteiger partial charge is 0.120 e. The van der Waals surface area contributed by atoms with Gasteiger partial charge in [0.15, 0.2) is 0 Å². The highest BCUT2D eigenvalue weighted by Crippen LogP contribution is 2.19. The summed E-state index contributed by atoms with van der Waals surface area (Å²) in [4.78, 5) is 10.3. The number of aryl methyl sites for hydroxylation is 1. The second-order valence-electron chi connectivity index (χ2n) is 3.49. The third kappa shape index (κ3) is 2.95. The molecule has 14 heavy (non-hydrogen) atoms. The lowest BCUT2D eigenvalue weighted by Gasteiger charge is -2.09. The third-order valence-electron chi connectivity index (χ3n) is 2.35. The molecular formula is C12H15FO. The van der Waals surface area contributed by atoms with E-state index in [1.807, 2.05) is 31.2 Å². The predicted molar refractivity (Wildman–Crippen MR) is 55.2 cm³/mol. The third-order valence-corrected chi connectivity index (χ3v) is 2.35. The summed E-state index contributed by atoms with van der Waals surface area (Å²) >= 11 is 0. The molecule has 0 aliphatic carbocycles. The van der Waals surface area contributed by atoms with E-state index in [4.69, 9.17) is 0 Å². The zero-order valence-electron chi connectivity index (χ0n) is 8.37. The average Bonchev–Trinajstić information content (AvgIpc) is 2.19. The summed E-state index contributed by atoms with van der Waals surface area (Å²) in [6.07, 6.45) is 1.91. The Morgan fingerprint density at radius 2 is 2.29 bits per heavy atom. The second kappa shape index (κ2) is 5.53. The number of alkyl halides is 1. The quantitative estimate of drug-likeness (QED) is 0.659. The molecule has 0 amide bonds. The predicted octanol–water partition coefficient (Wildman–Crippen LogP) is 2.89. The van der Waals surface area contributed by atoms with E-state index < -0.39 is 0 Å². The van der Waals surface area contributed by atoms with Gasteiger partial charge in [-0.2, -0.15) is 0 Å². The van der Waals surface area contributed by atoms with Gasteiger partial charge in [-0.1, -0.05) is 31.2 Å². The number of rotatable bonds is 5. The van der Waals surface area contributed by atoms with Gasteiger partial charge in [-0.25, -0.2) is 0 Å². The number of aldehydes is 1. The number of hydrogen-bond donors (Lipinski definition) is 0. The summed E-state index contributed by atoms with van der Waals surface area (Å²) < 4.78 is 12.1. The molecule has 0 N–H and O–H groups in total. The maximum atomic E-state index is 12.1. The molecule has 0 aliphatic rings. The van der Waals surface area contributed by atoms with Crippen molar-refractivity contribution in [3.05, 3.63) is 35.4 Å². The van der Waals surface area contributed by atoms with Crippen LogP contribution in [-0.2, 0) is 11.2 Å². The molecule has 1 rings (SSSR count). The fourth-order valence-corrected chi connectivity index (χ4v) is 1.44. The normalized spacial score (nSPS) is 12.4. The molecule has 0 heterocycles. The molecule has 1 aromatic carbocycles. The van der Waals surface area contributed by atoms with Crippen LogP contribution in [0.1, 0.15) is 30.4 Å². The molecule has 76 valence electrons. The van der Waals surface area contributed by atoms with Crippen molar-refractivity contribution in [3.63, 3.8) is 0 Å². The van der Waals surface area contributed by atoms with Crippen molar-refractivity contribution in [1.29, 1.82) is 0 Å². The minimum Gasteiger partial charge on any atom is -0.303 e. The van der Waals surface area contributed by atoms with Gasteiger partial charge in [-0.05, 0) is 17.0 Å². The fourth-order valence-electron chi connectivity index (χ4n) is 1.44. The lowest BCUT2D eigenvalue weighted by Crippen LogP contribution is -1.96. The van der Waals surface area contributed by atoms with Crippen LogP contribution in [0, 0.1) is 0 Å². The first kappa shape index (κ1) is 10.9. The van der Waals surface area contributed by atoms with Crippen LogP contribution >= 0.6 is 0 Å². The number of carbonyl (C=O) groups is 1. The molecule has 1 nitrogen and oxygen atoms in total. The lowest BCUT2D eigenvalue weighted by atomic mass is 9.96. The average molecular weight is 194 g/mol. The van der Waals surface area contributed by atoms with Crippen molar-refractivity contribution in [2.24, 2.45) is 0 Å². The van der Waals surface area contributed by atoms with Crippen molar-refractivity contribution in [2.45, 2.75) is 25.7 Å². The minimum atomic E-state index is -0.328.